The molecule has 0 bridgehead atoms. The predicted molar refractivity (Wildman–Crippen MR) is 94.1 cm³/mol. The largest absolute Gasteiger partial charge is 0.427 e. The Kier molecular flexibility index (Phi) is 11.4. The zero-order valence-electron chi connectivity index (χ0n) is 14.1. The number of benzene rings is 1. The average Bonchev–Trinajstić information content (AvgIpc) is 2.53. The third-order valence-electron chi connectivity index (χ3n) is 3.63. The third-order valence-corrected chi connectivity index (χ3v) is 4.40. The smallest absolute Gasteiger partial charge is 0.394 e. The molecule has 1 rings (SSSR count). The highest BCUT2D eigenvalue weighted by Gasteiger charge is 2.08. The van der Waals surface area contributed by atoms with Gasteiger partial charge < -0.3 is 13.9 Å². The highest BCUT2D eigenvalue weighted by Crippen LogP contribution is 2.35. The van der Waals surface area contributed by atoms with Gasteiger partial charge in [-0.05, 0) is 37.0 Å². The van der Waals surface area contributed by atoms with Crippen molar-refractivity contribution in [2.75, 3.05) is 6.61 Å². The number of hydrogen-bond acceptors (Lipinski definition) is 3. The quantitative estimate of drug-likeness (QED) is 0.356. The van der Waals surface area contributed by atoms with E-state index in [9.17, 15) is 4.89 Å². The van der Waals surface area contributed by atoms with Crippen LogP contribution in [0, 0.1) is 0 Å². The van der Waals surface area contributed by atoms with E-state index in [0.29, 0.717) is 12.4 Å². The standard InChI is InChI=1S/C18H31O3P/c1-3-5-7-8-9-10-16-20-22(19)21-18-14-12-17(13-15-18)11-6-4-2/h12-15,19H,3-11,16H2,1-2H3. The maximum atomic E-state index is 9.77. The van der Waals surface area contributed by atoms with Gasteiger partial charge in [0.05, 0.1) is 6.61 Å². The van der Waals surface area contributed by atoms with E-state index in [2.05, 4.69) is 26.0 Å². The minimum atomic E-state index is -1.81. The second-order valence-electron chi connectivity index (χ2n) is 5.68. The predicted octanol–water partition coefficient (Wildman–Crippen LogP) is 6.00. The molecule has 0 saturated heterocycles. The van der Waals surface area contributed by atoms with Gasteiger partial charge in [0.25, 0.3) is 0 Å². The summed E-state index contributed by atoms with van der Waals surface area (Å²) in [5, 5.41) is 0. The molecule has 0 fully saturated rings. The summed E-state index contributed by atoms with van der Waals surface area (Å²) >= 11 is 0. The number of unbranched alkanes of at least 4 members (excludes halogenated alkanes) is 6. The molecule has 0 radical (unpaired) electrons. The minimum absolute atomic E-state index is 0.572. The molecule has 0 spiro atoms. The maximum absolute atomic E-state index is 9.77. The fourth-order valence-electron chi connectivity index (χ4n) is 2.24. The van der Waals surface area contributed by atoms with Crippen LogP contribution in [-0.4, -0.2) is 11.5 Å². The Bertz CT molecular complexity index is 367. The lowest BCUT2D eigenvalue weighted by Crippen LogP contribution is -1.95. The fourth-order valence-corrected chi connectivity index (χ4v) is 2.88. The van der Waals surface area contributed by atoms with Gasteiger partial charge in [-0.1, -0.05) is 64.5 Å². The molecule has 3 nitrogen and oxygen atoms in total. The second kappa shape index (κ2) is 12.9. The highest BCUT2D eigenvalue weighted by molar-refractivity contribution is 7.41. The van der Waals surface area contributed by atoms with E-state index in [1.165, 1.54) is 44.1 Å². The molecule has 1 aromatic carbocycles. The summed E-state index contributed by atoms with van der Waals surface area (Å²) < 4.78 is 10.8. The number of aryl methyl sites for hydroxylation is 1. The third kappa shape index (κ3) is 9.40. The first kappa shape index (κ1) is 19.4. The van der Waals surface area contributed by atoms with Crippen molar-refractivity contribution in [3.63, 3.8) is 0 Å². The van der Waals surface area contributed by atoms with Crippen LogP contribution in [0.3, 0.4) is 0 Å². The summed E-state index contributed by atoms with van der Waals surface area (Å²) in [5.74, 6) is 0.678. The van der Waals surface area contributed by atoms with Crippen molar-refractivity contribution in [1.29, 1.82) is 0 Å². The first-order valence-electron chi connectivity index (χ1n) is 8.65. The topological polar surface area (TPSA) is 38.7 Å². The molecule has 0 heterocycles. The van der Waals surface area contributed by atoms with Gasteiger partial charge in [0.2, 0.25) is 0 Å². The van der Waals surface area contributed by atoms with Gasteiger partial charge >= 0.3 is 8.60 Å². The Balaban J connectivity index is 2.12. The molecule has 0 saturated carbocycles. The highest BCUT2D eigenvalue weighted by atomic mass is 31.2. The summed E-state index contributed by atoms with van der Waals surface area (Å²) in [6.45, 7) is 4.98. The lowest BCUT2D eigenvalue weighted by molar-refractivity contribution is 0.253. The van der Waals surface area contributed by atoms with Crippen LogP contribution >= 0.6 is 8.60 Å². The molecule has 0 aliphatic heterocycles. The van der Waals surface area contributed by atoms with Crippen LogP contribution in [0.5, 0.6) is 5.75 Å². The Morgan fingerprint density at radius 2 is 1.50 bits per heavy atom. The summed E-state index contributed by atoms with van der Waals surface area (Å²) in [6, 6.07) is 7.93. The Morgan fingerprint density at radius 1 is 0.864 bits per heavy atom. The Morgan fingerprint density at radius 3 is 2.18 bits per heavy atom. The van der Waals surface area contributed by atoms with Crippen LogP contribution in [0.4, 0.5) is 0 Å². The van der Waals surface area contributed by atoms with E-state index in [1.54, 1.807) is 0 Å². The molecule has 0 aliphatic carbocycles. The SMILES string of the molecule is CCCCCCCCOP(O)Oc1ccc(CCCC)cc1. The molecule has 1 aromatic rings. The van der Waals surface area contributed by atoms with Gasteiger partial charge in [-0.2, -0.15) is 0 Å². The lowest BCUT2D eigenvalue weighted by atomic mass is 10.1. The summed E-state index contributed by atoms with van der Waals surface area (Å²) in [6.07, 6.45) is 10.8. The van der Waals surface area contributed by atoms with Crippen molar-refractivity contribution < 1.29 is 13.9 Å². The molecule has 4 heteroatoms. The summed E-state index contributed by atoms with van der Waals surface area (Å²) in [7, 11) is -1.81. The van der Waals surface area contributed by atoms with E-state index in [0.717, 1.165) is 19.3 Å². The molecule has 1 N–H and O–H groups in total. The summed E-state index contributed by atoms with van der Waals surface area (Å²) in [5.41, 5.74) is 1.31. The van der Waals surface area contributed by atoms with Crippen molar-refractivity contribution in [3.05, 3.63) is 29.8 Å². The van der Waals surface area contributed by atoms with Gasteiger partial charge in [0.15, 0.2) is 0 Å². The van der Waals surface area contributed by atoms with E-state index in [-0.39, 0.29) is 0 Å². The van der Waals surface area contributed by atoms with Crippen LogP contribution in [0.25, 0.3) is 0 Å². The van der Waals surface area contributed by atoms with E-state index in [1.807, 2.05) is 12.1 Å². The Hall–Kier alpha value is -0.630. The minimum Gasteiger partial charge on any atom is -0.427 e. The molecule has 126 valence electrons. The average molecular weight is 326 g/mol. The molecule has 0 aliphatic rings. The van der Waals surface area contributed by atoms with Crippen molar-refractivity contribution in [2.45, 2.75) is 71.6 Å². The molecule has 0 amide bonds. The number of rotatable bonds is 13. The van der Waals surface area contributed by atoms with Crippen LogP contribution in [0.2, 0.25) is 0 Å². The van der Waals surface area contributed by atoms with Gasteiger partial charge in [-0.3, -0.25) is 0 Å². The first-order chi connectivity index (χ1) is 10.8. The maximum Gasteiger partial charge on any atom is 0.394 e. The van der Waals surface area contributed by atoms with E-state index >= 15 is 0 Å². The zero-order chi connectivity index (χ0) is 16.0. The van der Waals surface area contributed by atoms with E-state index in [4.69, 9.17) is 9.05 Å². The second-order valence-corrected chi connectivity index (χ2v) is 6.59. The van der Waals surface area contributed by atoms with Gasteiger partial charge in [0.1, 0.15) is 5.75 Å². The van der Waals surface area contributed by atoms with Gasteiger partial charge in [0, 0.05) is 0 Å². The molecule has 1 unspecified atom stereocenters. The van der Waals surface area contributed by atoms with Crippen LogP contribution in [-0.2, 0) is 10.9 Å². The molecular weight excluding hydrogens is 295 g/mol. The summed E-state index contributed by atoms with van der Waals surface area (Å²) in [4.78, 5) is 9.77. The molecule has 22 heavy (non-hydrogen) atoms. The van der Waals surface area contributed by atoms with Crippen molar-refractivity contribution in [2.24, 2.45) is 0 Å². The zero-order valence-corrected chi connectivity index (χ0v) is 15.0. The first-order valence-corrected chi connectivity index (χ1v) is 9.78. The van der Waals surface area contributed by atoms with Crippen molar-refractivity contribution in [3.8, 4) is 5.75 Å². The van der Waals surface area contributed by atoms with Gasteiger partial charge in [-0.15, -0.1) is 0 Å². The van der Waals surface area contributed by atoms with E-state index < -0.39 is 8.60 Å². The van der Waals surface area contributed by atoms with Gasteiger partial charge in [-0.25, -0.2) is 0 Å². The monoisotopic (exact) mass is 326 g/mol. The molecule has 1 atom stereocenters. The normalized spacial score (nSPS) is 12.3. The van der Waals surface area contributed by atoms with Crippen LogP contribution < -0.4 is 4.52 Å². The van der Waals surface area contributed by atoms with Crippen molar-refractivity contribution >= 4 is 8.60 Å². The lowest BCUT2D eigenvalue weighted by Gasteiger charge is -2.12. The van der Waals surface area contributed by atoms with Crippen LogP contribution in [0.1, 0.15) is 70.8 Å². The fraction of sp³-hybridized carbons (Fsp3) is 0.667. The van der Waals surface area contributed by atoms with Crippen LogP contribution in [0.15, 0.2) is 24.3 Å². The van der Waals surface area contributed by atoms with Crippen molar-refractivity contribution in [1.82, 2.24) is 0 Å². The number of hydrogen-bond donors (Lipinski definition) is 1. The molecule has 0 aromatic heterocycles. The Labute approximate surface area is 137 Å². The molecular formula is C18H31O3P.